The average Bonchev–Trinajstić information content (AvgIpc) is 3.14. The van der Waals surface area contributed by atoms with Gasteiger partial charge in [0.15, 0.2) is 0 Å². The molecule has 0 aromatic heterocycles. The summed E-state index contributed by atoms with van der Waals surface area (Å²) in [5, 5.41) is 0. The lowest BCUT2D eigenvalue weighted by Gasteiger charge is -2.27. The van der Waals surface area contributed by atoms with Crippen LogP contribution in [0, 0.1) is 11.8 Å². The Hall–Kier alpha value is -3.14. The molecule has 1 fully saturated rings. The van der Waals surface area contributed by atoms with Crippen LogP contribution in [0.1, 0.15) is 11.7 Å². The van der Waals surface area contributed by atoms with Crippen LogP contribution in [0.25, 0.3) is 0 Å². The van der Waals surface area contributed by atoms with Gasteiger partial charge in [0.2, 0.25) is 0 Å². The smallest absolute Gasteiger partial charge is 0.351 e. The van der Waals surface area contributed by atoms with Gasteiger partial charge in [0.25, 0.3) is 5.60 Å². The Morgan fingerprint density at radius 3 is 1.72 bits per heavy atom. The van der Waals surface area contributed by atoms with Crippen molar-refractivity contribution in [1.29, 1.82) is 0 Å². The average molecular weight is 410 g/mol. The summed E-state index contributed by atoms with van der Waals surface area (Å²) in [6.45, 7) is 0. The van der Waals surface area contributed by atoms with Gasteiger partial charge in [0.05, 0.1) is 41.7 Å². The molecule has 0 amide bonds. The Balaban J connectivity index is 2.73. The van der Waals surface area contributed by atoms with Crippen molar-refractivity contribution >= 4 is 23.9 Å². The predicted molar refractivity (Wildman–Crippen MR) is 94.6 cm³/mol. The molecule has 3 atom stereocenters. The summed E-state index contributed by atoms with van der Waals surface area (Å²) >= 11 is 0. The summed E-state index contributed by atoms with van der Waals surface area (Å²) in [5.41, 5.74) is -2.16. The van der Waals surface area contributed by atoms with Crippen molar-refractivity contribution in [2.75, 3.05) is 35.5 Å². The molecule has 2 rings (SSSR count). The second-order valence-corrected chi connectivity index (χ2v) is 6.08. The first kappa shape index (κ1) is 22.2. The topological polar surface area (TPSA) is 124 Å². The van der Waals surface area contributed by atoms with Gasteiger partial charge in [-0.05, 0) is 17.7 Å². The minimum Gasteiger partial charge on any atom is -0.497 e. The van der Waals surface area contributed by atoms with Crippen LogP contribution in [0.15, 0.2) is 24.3 Å². The highest BCUT2D eigenvalue weighted by atomic mass is 16.6. The molecule has 10 nitrogen and oxygen atoms in total. The number of hydrogen-bond donors (Lipinski definition) is 0. The Kier molecular flexibility index (Phi) is 6.80. The van der Waals surface area contributed by atoms with Crippen molar-refractivity contribution in [3.8, 4) is 5.75 Å². The number of ether oxygens (including phenoxy) is 6. The molecule has 158 valence electrons. The molecular weight excluding hydrogens is 388 g/mol. The number of rotatable bonds is 6. The van der Waals surface area contributed by atoms with Gasteiger partial charge in [0, 0.05) is 0 Å². The number of carbonyl (C=O) groups is 4. The normalized spacial score (nSPS) is 22.3. The molecule has 0 bridgehead atoms. The Labute approximate surface area is 166 Å². The highest BCUT2D eigenvalue weighted by Gasteiger charge is 2.71. The maximum Gasteiger partial charge on any atom is 0.351 e. The van der Waals surface area contributed by atoms with E-state index in [0.29, 0.717) is 11.3 Å². The van der Waals surface area contributed by atoms with Crippen molar-refractivity contribution in [1.82, 2.24) is 0 Å². The van der Waals surface area contributed by atoms with Crippen LogP contribution in [-0.4, -0.2) is 65.0 Å². The first-order valence-corrected chi connectivity index (χ1v) is 8.46. The van der Waals surface area contributed by atoms with Gasteiger partial charge in [-0.3, -0.25) is 9.59 Å². The molecule has 1 saturated heterocycles. The molecule has 1 aromatic carbocycles. The molecule has 0 N–H and O–H groups in total. The summed E-state index contributed by atoms with van der Waals surface area (Å²) in [6, 6.07) is 6.32. The molecular formula is C19H22O10. The summed E-state index contributed by atoms with van der Waals surface area (Å²) in [5.74, 6) is -6.89. The second kappa shape index (κ2) is 8.91. The highest BCUT2D eigenvalue weighted by molar-refractivity contribution is 6.09. The molecule has 1 aliphatic heterocycles. The van der Waals surface area contributed by atoms with E-state index >= 15 is 0 Å². The maximum atomic E-state index is 12.7. The van der Waals surface area contributed by atoms with Gasteiger partial charge in [-0.2, -0.15) is 0 Å². The maximum absolute atomic E-state index is 12.7. The third-order valence-electron chi connectivity index (χ3n) is 4.79. The van der Waals surface area contributed by atoms with E-state index in [1.807, 2.05) is 0 Å². The van der Waals surface area contributed by atoms with Crippen LogP contribution in [0.2, 0.25) is 0 Å². The SMILES string of the molecule is COC(=O)[C@@H]1[C@@H](C(=O)OC)C(C(=O)OC)(C(=O)OC)O[C@H]1c1ccc(OC)cc1. The number of benzene rings is 1. The van der Waals surface area contributed by atoms with E-state index in [1.165, 1.54) is 7.11 Å². The largest absolute Gasteiger partial charge is 0.497 e. The Morgan fingerprint density at radius 2 is 1.31 bits per heavy atom. The Morgan fingerprint density at radius 1 is 0.793 bits per heavy atom. The molecule has 1 heterocycles. The lowest BCUT2D eigenvalue weighted by atomic mass is 9.77. The van der Waals surface area contributed by atoms with Crippen LogP contribution < -0.4 is 4.74 Å². The van der Waals surface area contributed by atoms with Crippen LogP contribution in [-0.2, 0) is 42.9 Å². The van der Waals surface area contributed by atoms with E-state index < -0.39 is 47.4 Å². The van der Waals surface area contributed by atoms with Gasteiger partial charge in [0.1, 0.15) is 17.6 Å². The highest BCUT2D eigenvalue weighted by Crippen LogP contribution is 2.50. The lowest BCUT2D eigenvalue weighted by Crippen LogP contribution is -2.56. The zero-order chi connectivity index (χ0) is 21.8. The third kappa shape index (κ3) is 3.63. The minimum absolute atomic E-state index is 0.393. The summed E-state index contributed by atoms with van der Waals surface area (Å²) < 4.78 is 29.9. The molecule has 0 radical (unpaired) electrons. The van der Waals surface area contributed by atoms with Crippen molar-refractivity contribution in [3.05, 3.63) is 29.8 Å². The fourth-order valence-corrected chi connectivity index (χ4v) is 3.42. The van der Waals surface area contributed by atoms with Crippen LogP contribution in [0.5, 0.6) is 5.75 Å². The van der Waals surface area contributed by atoms with Crippen molar-refractivity contribution in [2.24, 2.45) is 11.8 Å². The van der Waals surface area contributed by atoms with E-state index in [1.54, 1.807) is 24.3 Å². The zero-order valence-corrected chi connectivity index (χ0v) is 16.6. The van der Waals surface area contributed by atoms with Gasteiger partial charge in [-0.1, -0.05) is 12.1 Å². The van der Waals surface area contributed by atoms with E-state index in [2.05, 4.69) is 0 Å². The van der Waals surface area contributed by atoms with E-state index in [9.17, 15) is 19.2 Å². The van der Waals surface area contributed by atoms with E-state index in [4.69, 9.17) is 28.4 Å². The first-order valence-electron chi connectivity index (χ1n) is 8.46. The fourth-order valence-electron chi connectivity index (χ4n) is 3.42. The quantitative estimate of drug-likeness (QED) is 0.370. The molecule has 0 unspecified atom stereocenters. The van der Waals surface area contributed by atoms with Gasteiger partial charge >= 0.3 is 23.9 Å². The van der Waals surface area contributed by atoms with Crippen molar-refractivity contribution < 1.29 is 47.6 Å². The van der Waals surface area contributed by atoms with Gasteiger partial charge in [-0.15, -0.1) is 0 Å². The summed E-state index contributed by atoms with van der Waals surface area (Å²) in [7, 11) is 5.66. The first-order chi connectivity index (χ1) is 13.8. The van der Waals surface area contributed by atoms with E-state index in [-0.39, 0.29) is 0 Å². The lowest BCUT2D eigenvalue weighted by molar-refractivity contribution is -0.194. The number of methoxy groups -OCH3 is 5. The van der Waals surface area contributed by atoms with Gasteiger partial charge in [-0.25, -0.2) is 9.59 Å². The molecule has 0 saturated carbocycles. The molecule has 29 heavy (non-hydrogen) atoms. The van der Waals surface area contributed by atoms with Crippen LogP contribution in [0.4, 0.5) is 0 Å². The van der Waals surface area contributed by atoms with Gasteiger partial charge < -0.3 is 28.4 Å². The molecule has 1 aliphatic rings. The molecule has 10 heteroatoms. The Bertz CT molecular complexity index is 769. The van der Waals surface area contributed by atoms with Crippen LogP contribution in [0.3, 0.4) is 0 Å². The van der Waals surface area contributed by atoms with Crippen LogP contribution >= 0.6 is 0 Å². The predicted octanol–water partition coefficient (Wildman–Crippen LogP) is 0.430. The van der Waals surface area contributed by atoms with Crippen molar-refractivity contribution in [2.45, 2.75) is 11.7 Å². The second-order valence-electron chi connectivity index (χ2n) is 6.08. The number of carbonyl (C=O) groups excluding carboxylic acids is 4. The summed E-state index contributed by atoms with van der Waals surface area (Å²) in [6.07, 6.45) is -1.21. The molecule has 1 aromatic rings. The summed E-state index contributed by atoms with van der Waals surface area (Å²) in [4.78, 5) is 50.6. The minimum atomic E-state index is -2.56. The van der Waals surface area contributed by atoms with Crippen molar-refractivity contribution in [3.63, 3.8) is 0 Å². The number of hydrogen-bond acceptors (Lipinski definition) is 10. The zero-order valence-electron chi connectivity index (χ0n) is 16.6. The monoisotopic (exact) mass is 410 g/mol. The molecule has 0 aliphatic carbocycles. The third-order valence-corrected chi connectivity index (χ3v) is 4.79. The fraction of sp³-hybridized carbons (Fsp3) is 0.474. The number of esters is 4. The van der Waals surface area contributed by atoms with E-state index in [0.717, 1.165) is 28.4 Å². The standard InChI is InChI=1S/C19H22O10/c1-24-11-8-6-10(7-9-11)14-12(15(20)25-2)13(16(21)26-3)19(29-14,17(22)27-4)18(23)28-5/h6-9,12-14H,1-5H3/t12-,13+,14+/m1/s1. The molecule has 0 spiro atoms.